The largest absolute Gasteiger partial charge is 0.489 e. The van der Waals surface area contributed by atoms with Crippen molar-refractivity contribution >= 4 is 24.0 Å². The summed E-state index contributed by atoms with van der Waals surface area (Å²) in [5, 5.41) is -0.0931. The summed E-state index contributed by atoms with van der Waals surface area (Å²) in [5.41, 5.74) is 5.34. The molecule has 0 saturated heterocycles. The standard InChI is InChI=1S/C11H12ClF4NO.ClH/c1-2-18-10-7(12)3-6(4-8(10)13)9(17)5-11(14,15)16;/h3-4,9H,2,5,17H2,1H3;1H/t9-;/m0./s1. The van der Waals surface area contributed by atoms with Crippen molar-refractivity contribution in [2.24, 2.45) is 5.73 Å². The third kappa shape index (κ3) is 5.42. The summed E-state index contributed by atoms with van der Waals surface area (Å²) in [6, 6.07) is 0.743. The number of hydrogen-bond donors (Lipinski definition) is 1. The minimum atomic E-state index is -4.42. The lowest BCUT2D eigenvalue weighted by Gasteiger charge is -2.16. The van der Waals surface area contributed by atoms with E-state index in [0.717, 1.165) is 6.07 Å². The maximum Gasteiger partial charge on any atom is 0.390 e. The predicted octanol–water partition coefficient (Wildman–Crippen LogP) is 4.25. The van der Waals surface area contributed by atoms with Gasteiger partial charge in [-0.1, -0.05) is 11.6 Å². The van der Waals surface area contributed by atoms with Gasteiger partial charge in [-0.15, -0.1) is 12.4 Å². The summed E-state index contributed by atoms with van der Waals surface area (Å²) in [7, 11) is 0. The van der Waals surface area contributed by atoms with Crippen LogP contribution in [0.5, 0.6) is 5.75 Å². The third-order valence-electron chi connectivity index (χ3n) is 2.19. The summed E-state index contributed by atoms with van der Waals surface area (Å²) in [6.45, 7) is 1.84. The van der Waals surface area contributed by atoms with Crippen LogP contribution in [-0.2, 0) is 0 Å². The van der Waals surface area contributed by atoms with Crippen molar-refractivity contribution in [1.29, 1.82) is 0 Å². The van der Waals surface area contributed by atoms with Crippen LogP contribution in [0.4, 0.5) is 17.6 Å². The monoisotopic (exact) mass is 321 g/mol. The number of alkyl halides is 3. The molecule has 0 aliphatic heterocycles. The van der Waals surface area contributed by atoms with Crippen LogP contribution in [0.15, 0.2) is 12.1 Å². The lowest BCUT2D eigenvalue weighted by Crippen LogP contribution is -2.20. The number of halogens is 6. The summed E-state index contributed by atoms with van der Waals surface area (Å²) in [6.07, 6.45) is -5.66. The van der Waals surface area contributed by atoms with Gasteiger partial charge in [0, 0.05) is 6.04 Å². The van der Waals surface area contributed by atoms with Gasteiger partial charge in [-0.2, -0.15) is 13.2 Å². The Morgan fingerprint density at radius 2 is 1.95 bits per heavy atom. The van der Waals surface area contributed by atoms with Gasteiger partial charge in [-0.3, -0.25) is 0 Å². The molecule has 0 spiro atoms. The Balaban J connectivity index is 0.00000324. The minimum Gasteiger partial charge on any atom is -0.489 e. The summed E-state index contributed by atoms with van der Waals surface area (Å²) >= 11 is 5.73. The molecule has 2 nitrogen and oxygen atoms in total. The van der Waals surface area contributed by atoms with Crippen LogP contribution < -0.4 is 10.5 Å². The zero-order chi connectivity index (χ0) is 13.9. The molecule has 0 radical (unpaired) electrons. The molecule has 0 aromatic heterocycles. The lowest BCUT2D eigenvalue weighted by molar-refractivity contribution is -0.138. The van der Waals surface area contributed by atoms with Crippen molar-refractivity contribution in [1.82, 2.24) is 0 Å². The van der Waals surface area contributed by atoms with Crippen LogP contribution in [0.25, 0.3) is 0 Å². The maximum absolute atomic E-state index is 13.5. The number of nitrogens with two attached hydrogens (primary N) is 1. The molecule has 0 unspecified atom stereocenters. The first kappa shape index (κ1) is 18.3. The fourth-order valence-corrected chi connectivity index (χ4v) is 1.71. The van der Waals surface area contributed by atoms with E-state index in [2.05, 4.69) is 0 Å². The van der Waals surface area contributed by atoms with Crippen LogP contribution >= 0.6 is 24.0 Å². The van der Waals surface area contributed by atoms with E-state index in [1.165, 1.54) is 6.07 Å². The lowest BCUT2D eigenvalue weighted by atomic mass is 10.0. The van der Waals surface area contributed by atoms with Gasteiger partial charge in [0.1, 0.15) is 0 Å². The van der Waals surface area contributed by atoms with Gasteiger partial charge in [-0.05, 0) is 24.6 Å². The Morgan fingerprint density at radius 3 is 2.37 bits per heavy atom. The Labute approximate surface area is 119 Å². The third-order valence-corrected chi connectivity index (χ3v) is 2.47. The zero-order valence-electron chi connectivity index (χ0n) is 9.93. The van der Waals surface area contributed by atoms with E-state index in [0.29, 0.717) is 0 Å². The molecule has 1 aromatic carbocycles. The summed E-state index contributed by atoms with van der Waals surface area (Å²) in [4.78, 5) is 0. The maximum atomic E-state index is 13.5. The first-order valence-electron chi connectivity index (χ1n) is 5.18. The van der Waals surface area contributed by atoms with Gasteiger partial charge in [0.05, 0.1) is 18.1 Å². The SMILES string of the molecule is CCOc1c(F)cc([C@@H](N)CC(F)(F)F)cc1Cl.Cl. The highest BCUT2D eigenvalue weighted by atomic mass is 35.5. The quantitative estimate of drug-likeness (QED) is 0.841. The Hall–Kier alpha value is -0.720. The van der Waals surface area contributed by atoms with Crippen molar-refractivity contribution in [3.05, 3.63) is 28.5 Å². The first-order chi connectivity index (χ1) is 8.24. The predicted molar refractivity (Wildman–Crippen MR) is 67.4 cm³/mol. The molecule has 1 aromatic rings. The Kier molecular flexibility index (Phi) is 6.89. The second-order valence-electron chi connectivity index (χ2n) is 3.67. The van der Waals surface area contributed by atoms with Crippen LogP contribution in [0.3, 0.4) is 0 Å². The van der Waals surface area contributed by atoms with Crippen LogP contribution in [0.1, 0.15) is 24.9 Å². The molecule has 8 heteroatoms. The molecule has 0 fully saturated rings. The van der Waals surface area contributed by atoms with E-state index in [1.54, 1.807) is 6.92 Å². The van der Waals surface area contributed by atoms with Crippen LogP contribution in [0, 0.1) is 5.82 Å². The highest BCUT2D eigenvalue weighted by Gasteiger charge is 2.31. The van der Waals surface area contributed by atoms with Crippen molar-refractivity contribution in [3.63, 3.8) is 0 Å². The molecule has 19 heavy (non-hydrogen) atoms. The van der Waals surface area contributed by atoms with Crippen molar-refractivity contribution in [3.8, 4) is 5.75 Å². The Morgan fingerprint density at radius 1 is 1.37 bits per heavy atom. The normalized spacial score (nSPS) is 12.8. The van der Waals surface area contributed by atoms with E-state index in [9.17, 15) is 17.6 Å². The highest BCUT2D eigenvalue weighted by molar-refractivity contribution is 6.32. The van der Waals surface area contributed by atoms with Gasteiger partial charge in [-0.25, -0.2) is 4.39 Å². The fourth-order valence-electron chi connectivity index (χ4n) is 1.44. The topological polar surface area (TPSA) is 35.2 Å². The van der Waals surface area contributed by atoms with Crippen LogP contribution in [-0.4, -0.2) is 12.8 Å². The van der Waals surface area contributed by atoms with E-state index >= 15 is 0 Å². The van der Waals surface area contributed by atoms with Crippen molar-refractivity contribution in [2.75, 3.05) is 6.61 Å². The number of benzene rings is 1. The van der Waals surface area contributed by atoms with Gasteiger partial charge >= 0.3 is 6.18 Å². The molecule has 0 saturated carbocycles. The molecule has 0 heterocycles. The average molecular weight is 322 g/mol. The molecule has 0 aliphatic carbocycles. The van der Waals surface area contributed by atoms with Gasteiger partial charge in [0.15, 0.2) is 11.6 Å². The minimum absolute atomic E-state index is 0. The summed E-state index contributed by atoms with van der Waals surface area (Å²) < 4.78 is 55.0. The highest BCUT2D eigenvalue weighted by Crippen LogP contribution is 2.34. The molecular weight excluding hydrogens is 309 g/mol. The van der Waals surface area contributed by atoms with Crippen molar-refractivity contribution < 1.29 is 22.3 Å². The molecule has 1 rings (SSSR count). The Bertz CT molecular complexity index is 403. The van der Waals surface area contributed by atoms with Gasteiger partial charge in [0.25, 0.3) is 0 Å². The number of ether oxygens (including phenoxy) is 1. The smallest absolute Gasteiger partial charge is 0.390 e. The first-order valence-corrected chi connectivity index (χ1v) is 5.56. The van der Waals surface area contributed by atoms with E-state index in [4.69, 9.17) is 22.1 Å². The molecule has 0 amide bonds. The number of rotatable bonds is 4. The molecule has 0 aliphatic rings. The zero-order valence-corrected chi connectivity index (χ0v) is 11.5. The molecule has 1 atom stereocenters. The average Bonchev–Trinajstić information content (AvgIpc) is 2.20. The van der Waals surface area contributed by atoms with Gasteiger partial charge < -0.3 is 10.5 Å². The molecule has 2 N–H and O–H groups in total. The van der Waals surface area contributed by atoms with Crippen LogP contribution in [0.2, 0.25) is 5.02 Å². The second-order valence-corrected chi connectivity index (χ2v) is 4.08. The molecule has 110 valence electrons. The van der Waals surface area contributed by atoms with E-state index in [-0.39, 0.29) is 35.3 Å². The van der Waals surface area contributed by atoms with E-state index < -0.39 is 24.5 Å². The van der Waals surface area contributed by atoms with E-state index in [1.807, 2.05) is 0 Å². The van der Waals surface area contributed by atoms with Crippen molar-refractivity contribution in [2.45, 2.75) is 25.6 Å². The molecular formula is C11H13Cl2F4NO. The number of hydrogen-bond acceptors (Lipinski definition) is 2. The fraction of sp³-hybridized carbons (Fsp3) is 0.455. The van der Waals surface area contributed by atoms with Gasteiger partial charge in [0.2, 0.25) is 0 Å². The summed E-state index contributed by atoms with van der Waals surface area (Å²) in [5.74, 6) is -1.00. The second kappa shape index (κ2) is 7.17. The molecule has 0 bridgehead atoms.